The lowest BCUT2D eigenvalue weighted by atomic mass is 9.61. The minimum absolute atomic E-state index is 0.0926. The van der Waals surface area contributed by atoms with Gasteiger partial charge in [-0.2, -0.15) is 0 Å². The predicted octanol–water partition coefficient (Wildman–Crippen LogP) is 10.4. The average molecular weight is 721 g/mol. The number of ketones is 1. The molecular weight excluding hydrogens is 682 g/mol. The van der Waals surface area contributed by atoms with Gasteiger partial charge < -0.3 is 9.53 Å². The van der Waals surface area contributed by atoms with Crippen molar-refractivity contribution in [3.63, 3.8) is 0 Å². The molecule has 1 aliphatic carbocycles. The van der Waals surface area contributed by atoms with Crippen LogP contribution in [0.5, 0.6) is 5.75 Å². The molecule has 1 aliphatic rings. The van der Waals surface area contributed by atoms with E-state index in [2.05, 4.69) is 84.3 Å². The number of hydrogen-bond acceptors (Lipinski definition) is 2. The Morgan fingerprint density at radius 2 is 1.86 bits per heavy atom. The van der Waals surface area contributed by atoms with Gasteiger partial charge in [0.1, 0.15) is 17.3 Å². The summed E-state index contributed by atoms with van der Waals surface area (Å²) in [5.74, 6) is 2.46. The van der Waals surface area contributed by atoms with Crippen molar-refractivity contribution >= 4 is 62.6 Å². The van der Waals surface area contributed by atoms with E-state index >= 15 is 0 Å². The highest BCUT2D eigenvalue weighted by Gasteiger charge is 2.44. The second-order valence-electron chi connectivity index (χ2n) is 9.98. The first-order valence-electron chi connectivity index (χ1n) is 12.4. The molecule has 1 saturated carbocycles. The van der Waals surface area contributed by atoms with Gasteiger partial charge in [-0.15, -0.1) is 6.58 Å². The summed E-state index contributed by atoms with van der Waals surface area (Å²) in [6, 6.07) is 6.01. The first-order valence-corrected chi connectivity index (χ1v) is 14.9. The van der Waals surface area contributed by atoms with Gasteiger partial charge in [-0.1, -0.05) is 102 Å². The van der Waals surface area contributed by atoms with Crippen LogP contribution < -0.4 is 4.74 Å². The van der Waals surface area contributed by atoms with Crippen LogP contribution in [0, 0.1) is 17.3 Å². The van der Waals surface area contributed by atoms with Gasteiger partial charge in [-0.3, -0.25) is 0 Å². The number of halogens is 3. The zero-order valence-corrected chi connectivity index (χ0v) is 26.5. The smallest absolute Gasteiger partial charge is 0.146 e. The molecule has 3 unspecified atom stereocenters. The van der Waals surface area contributed by atoms with Crippen molar-refractivity contribution in [2.75, 3.05) is 0 Å². The molecule has 1 aromatic rings. The third kappa shape index (κ3) is 8.74. The summed E-state index contributed by atoms with van der Waals surface area (Å²) in [6.45, 7) is 16.3. The van der Waals surface area contributed by atoms with Gasteiger partial charge in [0.2, 0.25) is 0 Å². The van der Waals surface area contributed by atoms with Crippen molar-refractivity contribution < 1.29 is 9.53 Å². The van der Waals surface area contributed by atoms with E-state index in [-0.39, 0.29) is 17.1 Å². The molecule has 0 aliphatic heterocycles. The SMILES string of the molecule is C=C/C(=C\C=C/C)Oc1ccc(C(C)CC(CC(C)=O)C(C)C2(C=C)CCC(I)(I)CC2)cc1Cl. The molecule has 3 atom stereocenters. The number of benzene rings is 1. The number of rotatable bonds is 12. The highest BCUT2D eigenvalue weighted by Crippen LogP contribution is 2.55. The second kappa shape index (κ2) is 13.8. The first-order chi connectivity index (χ1) is 16.5. The van der Waals surface area contributed by atoms with Gasteiger partial charge in [0.05, 0.1) is 6.45 Å². The molecular formula is C30H39ClI2O2. The molecule has 1 aromatic carbocycles. The van der Waals surface area contributed by atoms with Gasteiger partial charge in [-0.25, -0.2) is 0 Å². The highest BCUT2D eigenvalue weighted by molar-refractivity contribution is 14.2. The first kappa shape index (κ1) is 30.6. The van der Waals surface area contributed by atoms with Gasteiger partial charge in [0.15, 0.2) is 0 Å². The highest BCUT2D eigenvalue weighted by atomic mass is 127. The summed E-state index contributed by atoms with van der Waals surface area (Å²) >= 11 is 11.8. The minimum atomic E-state index is 0.0926. The van der Waals surface area contributed by atoms with Crippen LogP contribution in [-0.4, -0.2) is 7.21 Å². The summed E-state index contributed by atoms with van der Waals surface area (Å²) in [6.07, 6.45) is 15.7. The average Bonchev–Trinajstić information content (AvgIpc) is 2.81. The molecule has 0 amide bonds. The monoisotopic (exact) mass is 720 g/mol. The number of alkyl halides is 2. The Labute approximate surface area is 245 Å². The Morgan fingerprint density at radius 1 is 1.20 bits per heavy atom. The Hall–Kier alpha value is -0.600. The summed E-state index contributed by atoms with van der Waals surface area (Å²) in [7, 11) is 0. The van der Waals surface area contributed by atoms with Crippen LogP contribution in [0.3, 0.4) is 0 Å². The number of carbonyl (C=O) groups is 1. The molecule has 0 heterocycles. The van der Waals surface area contributed by atoms with E-state index in [1.165, 1.54) is 12.8 Å². The number of carbonyl (C=O) groups excluding carboxylic acids is 1. The maximum atomic E-state index is 12.3. The molecule has 2 nitrogen and oxygen atoms in total. The maximum absolute atomic E-state index is 12.3. The van der Waals surface area contributed by atoms with Crippen molar-refractivity contribution in [3.8, 4) is 5.75 Å². The van der Waals surface area contributed by atoms with Crippen LogP contribution in [0.25, 0.3) is 0 Å². The summed E-state index contributed by atoms with van der Waals surface area (Å²) in [4.78, 5) is 12.3. The van der Waals surface area contributed by atoms with Crippen LogP contribution in [0.4, 0.5) is 0 Å². The van der Waals surface area contributed by atoms with Crippen LogP contribution in [-0.2, 0) is 4.79 Å². The third-order valence-corrected chi connectivity index (χ3v) is 10.00. The Kier molecular flexibility index (Phi) is 12.1. The summed E-state index contributed by atoms with van der Waals surface area (Å²) < 4.78 is 6.26. The van der Waals surface area contributed by atoms with E-state index in [9.17, 15) is 4.79 Å². The molecule has 0 spiro atoms. The van der Waals surface area contributed by atoms with Crippen molar-refractivity contribution in [2.45, 2.75) is 73.6 Å². The third-order valence-electron chi connectivity index (χ3n) is 7.55. The second-order valence-corrected chi connectivity index (χ2v) is 16.6. The number of hydrogen-bond donors (Lipinski definition) is 0. The van der Waals surface area contributed by atoms with Crippen molar-refractivity contribution in [1.29, 1.82) is 0 Å². The van der Waals surface area contributed by atoms with Gasteiger partial charge in [0.25, 0.3) is 0 Å². The Morgan fingerprint density at radius 3 is 2.37 bits per heavy atom. The lowest BCUT2D eigenvalue weighted by Gasteiger charge is -2.47. The lowest BCUT2D eigenvalue weighted by molar-refractivity contribution is -0.118. The van der Waals surface area contributed by atoms with Gasteiger partial charge in [0, 0.05) is 6.42 Å². The molecule has 0 N–H and O–H groups in total. The van der Waals surface area contributed by atoms with E-state index in [4.69, 9.17) is 16.3 Å². The van der Waals surface area contributed by atoms with Crippen LogP contribution >= 0.6 is 56.8 Å². The van der Waals surface area contributed by atoms with Gasteiger partial charge in [-0.05, 0) is 99.0 Å². The van der Waals surface area contributed by atoms with E-state index in [0.29, 0.717) is 36.2 Å². The minimum Gasteiger partial charge on any atom is -0.456 e. The molecule has 35 heavy (non-hydrogen) atoms. The fraction of sp³-hybridized carbons (Fsp3) is 0.500. The maximum Gasteiger partial charge on any atom is 0.146 e. The van der Waals surface area contributed by atoms with Crippen LogP contribution in [0.1, 0.15) is 77.7 Å². The number of allylic oxidation sites excluding steroid dienone is 5. The van der Waals surface area contributed by atoms with Crippen LogP contribution in [0.2, 0.25) is 5.02 Å². The van der Waals surface area contributed by atoms with Crippen LogP contribution in [0.15, 0.2) is 67.5 Å². The lowest BCUT2D eigenvalue weighted by Crippen LogP contribution is -2.39. The molecule has 0 radical (unpaired) electrons. The summed E-state index contributed by atoms with van der Waals surface area (Å²) in [5.41, 5.74) is 1.26. The largest absolute Gasteiger partial charge is 0.456 e. The molecule has 0 aromatic heterocycles. The fourth-order valence-electron chi connectivity index (χ4n) is 5.19. The van der Waals surface area contributed by atoms with Crippen molar-refractivity contribution in [1.82, 2.24) is 0 Å². The van der Waals surface area contributed by atoms with E-state index in [1.54, 1.807) is 13.0 Å². The normalized spacial score (nSPS) is 20.1. The van der Waals surface area contributed by atoms with E-state index in [1.807, 2.05) is 37.3 Å². The predicted molar refractivity (Wildman–Crippen MR) is 168 cm³/mol. The Balaban J connectivity index is 2.22. The number of Topliss-reactive ketones (excluding diaryl/α,β-unsaturated/α-hetero) is 1. The molecule has 5 heteroatoms. The zero-order valence-electron chi connectivity index (χ0n) is 21.5. The quantitative estimate of drug-likeness (QED) is 0.0707. The molecule has 0 saturated heterocycles. The molecule has 0 bridgehead atoms. The van der Waals surface area contributed by atoms with Crippen molar-refractivity contribution in [2.24, 2.45) is 17.3 Å². The van der Waals surface area contributed by atoms with E-state index < -0.39 is 0 Å². The molecule has 192 valence electrons. The molecule has 1 fully saturated rings. The van der Waals surface area contributed by atoms with E-state index in [0.717, 1.165) is 24.8 Å². The number of ether oxygens (including phenoxy) is 1. The molecule has 2 rings (SSSR count). The fourth-order valence-corrected chi connectivity index (χ4v) is 6.49. The summed E-state index contributed by atoms with van der Waals surface area (Å²) in [5, 5.41) is 0.578. The van der Waals surface area contributed by atoms with Crippen molar-refractivity contribution in [3.05, 3.63) is 78.1 Å². The zero-order chi connectivity index (χ0) is 26.2. The topological polar surface area (TPSA) is 26.3 Å². The standard InChI is InChI=1S/C30H39ClI2O2/c1-7-10-11-26(8-2)35-28-13-12-24(20-27(28)31)21(4)18-25(19-22(5)34)23(6)29(9-3)14-16-30(32,33)17-15-29/h7-13,20-21,23,25H,2-3,14-19H2,1,4-6H3/b10-7-,26-11+. The van der Waals surface area contributed by atoms with Gasteiger partial charge >= 0.3 is 0 Å². The Bertz CT molecular complexity index is 953.